The van der Waals surface area contributed by atoms with Crippen molar-refractivity contribution in [3.8, 4) is 0 Å². The van der Waals surface area contributed by atoms with Crippen LogP contribution in [0, 0.1) is 5.92 Å². The van der Waals surface area contributed by atoms with E-state index < -0.39 is 0 Å². The molecule has 136 valence electrons. The molecule has 1 unspecified atom stereocenters. The number of amides is 1. The van der Waals surface area contributed by atoms with Crippen molar-refractivity contribution in [2.45, 2.75) is 44.6 Å². The van der Waals surface area contributed by atoms with Gasteiger partial charge in [0.1, 0.15) is 5.82 Å². The largest absolute Gasteiger partial charge is 0.357 e. The smallest absolute Gasteiger partial charge is 0.252 e. The second-order valence-electron chi connectivity index (χ2n) is 6.52. The van der Waals surface area contributed by atoms with E-state index in [1.165, 1.54) is 38.5 Å². The van der Waals surface area contributed by atoms with Gasteiger partial charge in [0.25, 0.3) is 5.91 Å². The van der Waals surface area contributed by atoms with Gasteiger partial charge in [0, 0.05) is 31.9 Å². The standard InChI is InChI=1S/C17H26N4O.2ClH/c18-15(13-5-6-13)12-20-17(22)14-7-8-16(19-11-14)21-9-3-1-2-4-10-21;;/h7-8,11,13,15H,1-6,9-10,12,18H2,(H,20,22);2*1H. The molecule has 0 aromatic carbocycles. The van der Waals surface area contributed by atoms with Crippen LogP contribution >= 0.6 is 24.8 Å². The first-order valence-corrected chi connectivity index (χ1v) is 8.49. The van der Waals surface area contributed by atoms with E-state index in [9.17, 15) is 4.79 Å². The van der Waals surface area contributed by atoms with Crippen molar-refractivity contribution < 1.29 is 4.79 Å². The summed E-state index contributed by atoms with van der Waals surface area (Å²) in [5, 5.41) is 2.91. The maximum atomic E-state index is 12.1. The molecule has 1 aromatic rings. The van der Waals surface area contributed by atoms with Gasteiger partial charge < -0.3 is 16.0 Å². The average Bonchev–Trinajstić information content (AvgIpc) is 3.38. The first kappa shape index (κ1) is 21.0. The number of nitrogens with two attached hydrogens (primary N) is 1. The summed E-state index contributed by atoms with van der Waals surface area (Å²) in [6.07, 6.45) is 9.13. The normalized spacial score (nSPS) is 18.6. The molecule has 0 radical (unpaired) electrons. The number of pyridine rings is 1. The molecule has 24 heavy (non-hydrogen) atoms. The number of nitrogens with zero attached hydrogens (tertiary/aromatic N) is 2. The van der Waals surface area contributed by atoms with Crippen LogP contribution in [0.2, 0.25) is 0 Å². The topological polar surface area (TPSA) is 71.2 Å². The highest BCUT2D eigenvalue weighted by atomic mass is 35.5. The van der Waals surface area contributed by atoms with Crippen LogP contribution in [-0.2, 0) is 0 Å². The molecule has 7 heteroatoms. The Morgan fingerprint density at radius 1 is 1.21 bits per heavy atom. The van der Waals surface area contributed by atoms with Crippen LogP contribution in [0.25, 0.3) is 0 Å². The van der Waals surface area contributed by atoms with Crippen LogP contribution in [-0.4, -0.2) is 36.6 Å². The summed E-state index contributed by atoms with van der Waals surface area (Å²) in [6, 6.07) is 3.92. The van der Waals surface area contributed by atoms with Gasteiger partial charge in [0.05, 0.1) is 5.56 Å². The van der Waals surface area contributed by atoms with Crippen LogP contribution in [0.4, 0.5) is 5.82 Å². The van der Waals surface area contributed by atoms with Gasteiger partial charge in [-0.3, -0.25) is 4.79 Å². The molecule has 2 fully saturated rings. The summed E-state index contributed by atoms with van der Waals surface area (Å²) >= 11 is 0. The number of carbonyl (C=O) groups is 1. The Labute approximate surface area is 156 Å². The lowest BCUT2D eigenvalue weighted by atomic mass is 10.2. The Kier molecular flexibility index (Phi) is 8.81. The average molecular weight is 375 g/mol. The Morgan fingerprint density at radius 2 is 1.88 bits per heavy atom. The van der Waals surface area contributed by atoms with Crippen LogP contribution in [0.1, 0.15) is 48.9 Å². The molecule has 2 heterocycles. The van der Waals surface area contributed by atoms with Gasteiger partial charge in [-0.25, -0.2) is 4.98 Å². The maximum Gasteiger partial charge on any atom is 0.252 e. The Morgan fingerprint density at radius 3 is 2.42 bits per heavy atom. The first-order valence-electron chi connectivity index (χ1n) is 8.49. The highest BCUT2D eigenvalue weighted by Crippen LogP contribution is 2.31. The van der Waals surface area contributed by atoms with E-state index in [1.807, 2.05) is 12.1 Å². The number of anilines is 1. The number of carbonyl (C=O) groups excluding carboxylic acids is 1. The molecular formula is C17H28Cl2N4O. The van der Waals surface area contributed by atoms with E-state index in [1.54, 1.807) is 6.20 Å². The summed E-state index contributed by atoms with van der Waals surface area (Å²) in [4.78, 5) is 18.9. The fourth-order valence-corrected chi connectivity index (χ4v) is 3.01. The van der Waals surface area contributed by atoms with Gasteiger partial charge in [-0.2, -0.15) is 0 Å². The molecule has 3 N–H and O–H groups in total. The zero-order chi connectivity index (χ0) is 15.4. The van der Waals surface area contributed by atoms with Gasteiger partial charge in [-0.1, -0.05) is 12.8 Å². The van der Waals surface area contributed by atoms with Crippen molar-refractivity contribution in [1.29, 1.82) is 0 Å². The summed E-state index contributed by atoms with van der Waals surface area (Å²) in [5.74, 6) is 1.50. The predicted octanol–water partition coefficient (Wildman–Crippen LogP) is 2.77. The van der Waals surface area contributed by atoms with Crippen LogP contribution < -0.4 is 16.0 Å². The molecule has 1 atom stereocenters. The SMILES string of the molecule is Cl.Cl.NC(CNC(=O)c1ccc(N2CCCCCC2)nc1)C1CC1. The number of aromatic nitrogens is 1. The number of nitrogens with one attached hydrogen (secondary N) is 1. The maximum absolute atomic E-state index is 12.1. The first-order chi connectivity index (χ1) is 10.7. The molecule has 1 saturated heterocycles. The lowest BCUT2D eigenvalue weighted by Gasteiger charge is -2.21. The highest BCUT2D eigenvalue weighted by Gasteiger charge is 2.28. The van der Waals surface area contributed by atoms with Crippen molar-refractivity contribution in [1.82, 2.24) is 10.3 Å². The predicted molar refractivity (Wildman–Crippen MR) is 102 cm³/mol. The monoisotopic (exact) mass is 374 g/mol. The van der Waals surface area contributed by atoms with Crippen molar-refractivity contribution >= 4 is 36.5 Å². The molecule has 1 saturated carbocycles. The summed E-state index contributed by atoms with van der Waals surface area (Å²) < 4.78 is 0. The van der Waals surface area contributed by atoms with Crippen molar-refractivity contribution in [3.63, 3.8) is 0 Å². The molecule has 0 spiro atoms. The lowest BCUT2D eigenvalue weighted by molar-refractivity contribution is 0.0950. The van der Waals surface area contributed by atoms with Gasteiger partial charge in [0.2, 0.25) is 0 Å². The fourth-order valence-electron chi connectivity index (χ4n) is 3.01. The minimum atomic E-state index is -0.0778. The molecule has 1 aromatic heterocycles. The summed E-state index contributed by atoms with van der Waals surface area (Å²) in [5.41, 5.74) is 6.62. The van der Waals surface area contributed by atoms with Gasteiger partial charge in [0.15, 0.2) is 0 Å². The van der Waals surface area contributed by atoms with Crippen molar-refractivity contribution in [2.75, 3.05) is 24.5 Å². The molecule has 5 nitrogen and oxygen atoms in total. The van der Waals surface area contributed by atoms with E-state index in [0.29, 0.717) is 18.0 Å². The number of hydrogen-bond donors (Lipinski definition) is 2. The summed E-state index contributed by atoms with van der Waals surface area (Å²) in [7, 11) is 0. The molecule has 0 bridgehead atoms. The van der Waals surface area contributed by atoms with E-state index in [0.717, 1.165) is 18.9 Å². The van der Waals surface area contributed by atoms with Gasteiger partial charge in [-0.15, -0.1) is 24.8 Å². The fraction of sp³-hybridized carbons (Fsp3) is 0.647. The molecule has 3 rings (SSSR count). The zero-order valence-electron chi connectivity index (χ0n) is 13.9. The Bertz CT molecular complexity index is 500. The van der Waals surface area contributed by atoms with Crippen LogP contribution in [0.3, 0.4) is 0 Å². The van der Waals surface area contributed by atoms with E-state index in [2.05, 4.69) is 15.2 Å². The summed E-state index contributed by atoms with van der Waals surface area (Å²) in [6.45, 7) is 2.68. The van der Waals surface area contributed by atoms with Gasteiger partial charge in [-0.05, 0) is 43.7 Å². The Hall–Kier alpha value is -1.04. The van der Waals surface area contributed by atoms with E-state index >= 15 is 0 Å². The zero-order valence-corrected chi connectivity index (χ0v) is 15.6. The lowest BCUT2D eigenvalue weighted by Crippen LogP contribution is -2.38. The van der Waals surface area contributed by atoms with E-state index in [4.69, 9.17) is 5.73 Å². The molecular weight excluding hydrogens is 347 g/mol. The quantitative estimate of drug-likeness (QED) is 0.830. The van der Waals surface area contributed by atoms with Gasteiger partial charge >= 0.3 is 0 Å². The second-order valence-corrected chi connectivity index (χ2v) is 6.52. The highest BCUT2D eigenvalue weighted by molar-refractivity contribution is 5.94. The third-order valence-corrected chi connectivity index (χ3v) is 4.67. The number of rotatable bonds is 5. The van der Waals surface area contributed by atoms with Crippen LogP contribution in [0.15, 0.2) is 18.3 Å². The molecule has 2 aliphatic rings. The van der Waals surface area contributed by atoms with Crippen molar-refractivity contribution in [2.24, 2.45) is 11.7 Å². The second kappa shape index (κ2) is 10.1. The van der Waals surface area contributed by atoms with Crippen LogP contribution in [0.5, 0.6) is 0 Å². The third kappa shape index (κ3) is 5.80. The number of halogens is 2. The van der Waals surface area contributed by atoms with Crippen molar-refractivity contribution in [3.05, 3.63) is 23.9 Å². The minimum Gasteiger partial charge on any atom is -0.357 e. The Balaban J connectivity index is 0.00000144. The van der Waals surface area contributed by atoms with E-state index in [-0.39, 0.29) is 36.8 Å². The molecule has 1 aliphatic heterocycles. The number of hydrogen-bond acceptors (Lipinski definition) is 4. The minimum absolute atomic E-state index is 0. The molecule has 1 aliphatic carbocycles. The third-order valence-electron chi connectivity index (χ3n) is 4.67. The molecule has 1 amide bonds.